The molecule has 17 heavy (non-hydrogen) atoms. The van der Waals surface area contributed by atoms with Gasteiger partial charge in [0.15, 0.2) is 0 Å². The van der Waals surface area contributed by atoms with Crippen LogP contribution >= 0.6 is 0 Å². The van der Waals surface area contributed by atoms with Crippen molar-refractivity contribution in [2.45, 2.75) is 25.5 Å². The standard InChI is InChI=1S/C13H17NO3/c1-9-5-3-4-6-12(9)17-10-7-11(14-8-10)13(15)16-2/h3-6,10-11,14H,7-8H2,1-2H3. The third-order valence-electron chi connectivity index (χ3n) is 2.96. The van der Waals surface area contributed by atoms with Crippen molar-refractivity contribution >= 4 is 5.97 Å². The molecule has 1 N–H and O–H groups in total. The minimum atomic E-state index is -0.242. The van der Waals surface area contributed by atoms with Gasteiger partial charge in [-0.3, -0.25) is 4.79 Å². The second-order valence-electron chi connectivity index (χ2n) is 4.23. The Balaban J connectivity index is 1.94. The van der Waals surface area contributed by atoms with E-state index in [1.165, 1.54) is 7.11 Å². The van der Waals surface area contributed by atoms with Crippen LogP contribution in [0.5, 0.6) is 5.75 Å². The molecule has 2 atom stereocenters. The Morgan fingerprint density at radius 1 is 1.41 bits per heavy atom. The van der Waals surface area contributed by atoms with E-state index in [9.17, 15) is 4.79 Å². The van der Waals surface area contributed by atoms with Crippen LogP contribution in [0.2, 0.25) is 0 Å². The average molecular weight is 235 g/mol. The highest BCUT2D eigenvalue weighted by molar-refractivity contribution is 5.76. The highest BCUT2D eigenvalue weighted by atomic mass is 16.5. The summed E-state index contributed by atoms with van der Waals surface area (Å²) < 4.78 is 10.6. The van der Waals surface area contributed by atoms with Gasteiger partial charge in [0.1, 0.15) is 17.9 Å². The van der Waals surface area contributed by atoms with Crippen molar-refractivity contribution in [1.29, 1.82) is 0 Å². The molecule has 0 amide bonds. The van der Waals surface area contributed by atoms with Crippen molar-refractivity contribution in [2.75, 3.05) is 13.7 Å². The molecule has 1 aliphatic rings. The van der Waals surface area contributed by atoms with Gasteiger partial charge in [0.25, 0.3) is 0 Å². The van der Waals surface area contributed by atoms with Crippen LogP contribution in [0.3, 0.4) is 0 Å². The Hall–Kier alpha value is -1.55. The van der Waals surface area contributed by atoms with Crippen LogP contribution in [0.1, 0.15) is 12.0 Å². The van der Waals surface area contributed by atoms with E-state index in [-0.39, 0.29) is 18.1 Å². The van der Waals surface area contributed by atoms with Crippen LogP contribution in [0.15, 0.2) is 24.3 Å². The van der Waals surface area contributed by atoms with Crippen molar-refractivity contribution in [3.05, 3.63) is 29.8 Å². The summed E-state index contributed by atoms with van der Waals surface area (Å²) in [6, 6.07) is 7.64. The van der Waals surface area contributed by atoms with Crippen LogP contribution in [0.25, 0.3) is 0 Å². The summed E-state index contributed by atoms with van der Waals surface area (Å²) in [6.07, 6.45) is 0.682. The molecular weight excluding hydrogens is 218 g/mol. The van der Waals surface area contributed by atoms with Gasteiger partial charge in [-0.2, -0.15) is 0 Å². The second-order valence-corrected chi connectivity index (χ2v) is 4.23. The van der Waals surface area contributed by atoms with Gasteiger partial charge in [-0.05, 0) is 18.6 Å². The third kappa shape index (κ3) is 2.77. The smallest absolute Gasteiger partial charge is 0.323 e. The van der Waals surface area contributed by atoms with Gasteiger partial charge in [0.2, 0.25) is 0 Å². The zero-order valence-electron chi connectivity index (χ0n) is 10.1. The van der Waals surface area contributed by atoms with E-state index in [0.29, 0.717) is 13.0 Å². The zero-order chi connectivity index (χ0) is 12.3. The number of hydrogen-bond acceptors (Lipinski definition) is 4. The minimum Gasteiger partial charge on any atom is -0.489 e. The maximum absolute atomic E-state index is 11.3. The van der Waals surface area contributed by atoms with Gasteiger partial charge < -0.3 is 14.8 Å². The molecule has 0 spiro atoms. The number of carbonyl (C=O) groups excluding carboxylic acids is 1. The van der Waals surface area contributed by atoms with E-state index in [2.05, 4.69) is 5.32 Å². The molecule has 0 aliphatic carbocycles. The molecule has 0 saturated carbocycles. The fourth-order valence-corrected chi connectivity index (χ4v) is 1.98. The highest BCUT2D eigenvalue weighted by Crippen LogP contribution is 2.21. The SMILES string of the molecule is COC(=O)C1CC(Oc2ccccc2C)CN1. The fraction of sp³-hybridized carbons (Fsp3) is 0.462. The van der Waals surface area contributed by atoms with Gasteiger partial charge >= 0.3 is 5.97 Å². The Morgan fingerprint density at radius 3 is 2.88 bits per heavy atom. The summed E-state index contributed by atoms with van der Waals surface area (Å²) >= 11 is 0. The molecule has 1 fully saturated rings. The van der Waals surface area contributed by atoms with Gasteiger partial charge in [-0.25, -0.2) is 0 Å². The van der Waals surface area contributed by atoms with Gasteiger partial charge in [-0.1, -0.05) is 18.2 Å². The molecule has 2 unspecified atom stereocenters. The first-order valence-electron chi connectivity index (χ1n) is 5.74. The molecule has 1 aromatic rings. The van der Waals surface area contributed by atoms with Crippen LogP contribution in [-0.2, 0) is 9.53 Å². The largest absolute Gasteiger partial charge is 0.489 e. The number of methoxy groups -OCH3 is 1. The lowest BCUT2D eigenvalue weighted by molar-refractivity contribution is -0.142. The molecule has 4 heteroatoms. The summed E-state index contributed by atoms with van der Waals surface area (Å²) in [5, 5.41) is 3.10. The molecule has 0 bridgehead atoms. The Bertz CT molecular complexity index is 405. The van der Waals surface area contributed by atoms with Crippen LogP contribution < -0.4 is 10.1 Å². The van der Waals surface area contributed by atoms with Gasteiger partial charge in [-0.15, -0.1) is 0 Å². The topological polar surface area (TPSA) is 47.6 Å². The van der Waals surface area contributed by atoms with Crippen LogP contribution in [-0.4, -0.2) is 31.8 Å². The molecule has 0 radical (unpaired) electrons. The average Bonchev–Trinajstić information content (AvgIpc) is 2.80. The number of aryl methyl sites for hydroxylation is 1. The normalized spacial score (nSPS) is 23.4. The number of para-hydroxylation sites is 1. The first-order valence-corrected chi connectivity index (χ1v) is 5.74. The van der Waals surface area contributed by atoms with E-state index in [4.69, 9.17) is 9.47 Å². The number of ether oxygens (including phenoxy) is 2. The van der Waals surface area contributed by atoms with Crippen LogP contribution in [0.4, 0.5) is 0 Å². The zero-order valence-corrected chi connectivity index (χ0v) is 10.1. The van der Waals surface area contributed by atoms with E-state index in [0.717, 1.165) is 11.3 Å². The van der Waals surface area contributed by atoms with Crippen molar-refractivity contribution in [1.82, 2.24) is 5.32 Å². The number of benzene rings is 1. The van der Waals surface area contributed by atoms with Gasteiger partial charge in [0.05, 0.1) is 7.11 Å². The quantitative estimate of drug-likeness (QED) is 0.802. The van der Waals surface area contributed by atoms with E-state index < -0.39 is 0 Å². The monoisotopic (exact) mass is 235 g/mol. The Morgan fingerprint density at radius 2 is 2.18 bits per heavy atom. The predicted molar refractivity (Wildman–Crippen MR) is 64.0 cm³/mol. The summed E-state index contributed by atoms with van der Waals surface area (Å²) in [5.41, 5.74) is 1.11. The number of nitrogens with one attached hydrogen (secondary N) is 1. The number of carbonyl (C=O) groups is 1. The van der Waals surface area contributed by atoms with Crippen molar-refractivity contribution < 1.29 is 14.3 Å². The molecule has 0 aromatic heterocycles. The summed E-state index contributed by atoms with van der Waals surface area (Å²) in [6.45, 7) is 2.68. The maximum Gasteiger partial charge on any atom is 0.323 e. The van der Waals surface area contributed by atoms with Crippen LogP contribution in [0, 0.1) is 6.92 Å². The highest BCUT2D eigenvalue weighted by Gasteiger charge is 2.31. The summed E-state index contributed by atoms with van der Waals surface area (Å²) in [5.74, 6) is 0.658. The molecule has 1 heterocycles. The molecule has 1 saturated heterocycles. The summed E-state index contributed by atoms with van der Waals surface area (Å²) in [7, 11) is 1.40. The number of rotatable bonds is 3. The lowest BCUT2D eigenvalue weighted by Gasteiger charge is -2.14. The Kier molecular flexibility index (Phi) is 3.64. The number of hydrogen-bond donors (Lipinski definition) is 1. The van der Waals surface area contributed by atoms with Crippen molar-refractivity contribution in [3.8, 4) is 5.75 Å². The molecule has 4 nitrogen and oxygen atoms in total. The summed E-state index contributed by atoms with van der Waals surface area (Å²) in [4.78, 5) is 11.3. The lowest BCUT2D eigenvalue weighted by Crippen LogP contribution is -2.31. The van der Waals surface area contributed by atoms with Crippen molar-refractivity contribution in [3.63, 3.8) is 0 Å². The molecule has 1 aromatic carbocycles. The predicted octanol–water partition coefficient (Wildman–Crippen LogP) is 1.28. The Labute approximate surface area is 101 Å². The lowest BCUT2D eigenvalue weighted by atomic mass is 10.2. The molecule has 2 rings (SSSR count). The van der Waals surface area contributed by atoms with E-state index in [1.807, 2.05) is 31.2 Å². The molecule has 1 aliphatic heterocycles. The van der Waals surface area contributed by atoms with E-state index in [1.54, 1.807) is 0 Å². The first-order chi connectivity index (χ1) is 8.20. The number of esters is 1. The fourth-order valence-electron chi connectivity index (χ4n) is 1.98. The maximum atomic E-state index is 11.3. The van der Waals surface area contributed by atoms with E-state index >= 15 is 0 Å². The minimum absolute atomic E-state index is 0.0280. The molecule has 92 valence electrons. The first kappa shape index (κ1) is 11.9. The van der Waals surface area contributed by atoms with Gasteiger partial charge in [0, 0.05) is 13.0 Å². The van der Waals surface area contributed by atoms with Crippen molar-refractivity contribution in [2.24, 2.45) is 0 Å². The molecular formula is C13H17NO3. The third-order valence-corrected chi connectivity index (χ3v) is 2.96. The second kappa shape index (κ2) is 5.19.